The van der Waals surface area contributed by atoms with E-state index in [9.17, 15) is 14.9 Å². The summed E-state index contributed by atoms with van der Waals surface area (Å²) in [5.74, 6) is -0.661. The average Bonchev–Trinajstić information content (AvgIpc) is 2.71. The number of rotatable bonds is 7. The van der Waals surface area contributed by atoms with Crippen molar-refractivity contribution in [3.05, 3.63) is 85.6 Å². The summed E-state index contributed by atoms with van der Waals surface area (Å²) in [7, 11) is 0. The van der Waals surface area contributed by atoms with E-state index in [0.717, 1.165) is 11.9 Å². The van der Waals surface area contributed by atoms with E-state index < -0.39 is 16.5 Å². The van der Waals surface area contributed by atoms with Gasteiger partial charge in [0, 0.05) is 16.0 Å². The summed E-state index contributed by atoms with van der Waals surface area (Å²) in [6, 6.07) is 13.9. The van der Waals surface area contributed by atoms with E-state index in [-0.39, 0.29) is 18.2 Å². The van der Waals surface area contributed by atoms with Gasteiger partial charge < -0.3 is 5.32 Å². The van der Waals surface area contributed by atoms with Gasteiger partial charge in [0.2, 0.25) is 11.6 Å². The summed E-state index contributed by atoms with van der Waals surface area (Å²) < 4.78 is 0.582. The topological polar surface area (TPSA) is 122 Å². The molecule has 1 amide bonds. The zero-order valence-corrected chi connectivity index (χ0v) is 17.1. The normalized spacial score (nSPS) is 10.3. The molecule has 3 aromatic rings. The van der Waals surface area contributed by atoms with Gasteiger partial charge >= 0.3 is 5.69 Å². The molecule has 0 saturated heterocycles. The molecule has 1 heterocycles. The second kappa shape index (κ2) is 9.30. The fraction of sp³-hybridized carbons (Fsp3) is 0.0556. The van der Waals surface area contributed by atoms with E-state index in [4.69, 9.17) is 11.6 Å². The maximum atomic E-state index is 12.3. The molecule has 0 fully saturated rings. The lowest BCUT2D eigenvalue weighted by Crippen LogP contribution is -2.30. The Morgan fingerprint density at radius 3 is 2.52 bits per heavy atom. The molecular weight excluding hydrogens is 464 g/mol. The fourth-order valence-corrected chi connectivity index (χ4v) is 3.09. The molecule has 0 unspecified atom stereocenters. The van der Waals surface area contributed by atoms with Crippen LogP contribution in [0.1, 0.15) is 15.9 Å². The molecule has 9 nitrogen and oxygen atoms in total. The predicted octanol–water partition coefficient (Wildman–Crippen LogP) is 4.17. The van der Waals surface area contributed by atoms with Crippen LogP contribution in [0.25, 0.3) is 0 Å². The Balaban J connectivity index is 1.78. The van der Waals surface area contributed by atoms with Crippen LogP contribution in [0.2, 0.25) is 5.02 Å². The molecule has 0 radical (unpaired) electrons. The number of halogens is 2. The van der Waals surface area contributed by atoms with Crippen molar-refractivity contribution >= 4 is 50.8 Å². The summed E-state index contributed by atoms with van der Waals surface area (Å²) in [4.78, 5) is 31.1. The smallest absolute Gasteiger partial charge is 0.354 e. The molecule has 0 aliphatic rings. The van der Waals surface area contributed by atoms with Gasteiger partial charge in [0.15, 0.2) is 0 Å². The van der Waals surface area contributed by atoms with Gasteiger partial charge in [-0.25, -0.2) is 9.97 Å². The van der Waals surface area contributed by atoms with Gasteiger partial charge in [-0.05, 0) is 39.7 Å². The van der Waals surface area contributed by atoms with E-state index in [2.05, 4.69) is 42.1 Å². The number of anilines is 2. The molecule has 3 N–H and O–H groups in total. The Labute approximate surface area is 178 Å². The number of hydrazine groups is 1. The van der Waals surface area contributed by atoms with Gasteiger partial charge in [-0.3, -0.25) is 25.8 Å². The van der Waals surface area contributed by atoms with Crippen molar-refractivity contribution in [2.24, 2.45) is 0 Å². The van der Waals surface area contributed by atoms with Crippen molar-refractivity contribution in [2.75, 3.05) is 10.7 Å². The van der Waals surface area contributed by atoms with Crippen molar-refractivity contribution in [1.29, 1.82) is 0 Å². The lowest BCUT2D eigenvalue weighted by Gasteiger charge is -2.12. The zero-order valence-electron chi connectivity index (χ0n) is 14.7. The van der Waals surface area contributed by atoms with Crippen LogP contribution in [0, 0.1) is 10.1 Å². The molecular formula is C18H14BrClN6O3. The largest absolute Gasteiger partial charge is 0.360 e. The first-order chi connectivity index (χ1) is 14.0. The highest BCUT2D eigenvalue weighted by atomic mass is 79.9. The van der Waals surface area contributed by atoms with Crippen molar-refractivity contribution in [3.8, 4) is 0 Å². The lowest BCUT2D eigenvalue weighted by molar-refractivity contribution is -0.383. The lowest BCUT2D eigenvalue weighted by atomic mass is 10.2. The van der Waals surface area contributed by atoms with Crippen molar-refractivity contribution in [3.63, 3.8) is 0 Å². The standard InChI is InChI=1S/C18H14BrClN6O3/c19-13-7-3-2-6-12(13)18(27)25-24-17-15(26(28)29)16(22-10-23-17)21-9-11-5-1-4-8-14(11)20/h1-8,10H,9H2,(H,25,27)(H2,21,22,23,24). The van der Waals surface area contributed by atoms with Gasteiger partial charge in [0.25, 0.3) is 5.91 Å². The summed E-state index contributed by atoms with van der Waals surface area (Å²) >= 11 is 9.39. The highest BCUT2D eigenvalue weighted by Crippen LogP contribution is 2.29. The molecule has 0 atom stereocenters. The minimum atomic E-state index is -0.637. The first kappa shape index (κ1) is 20.5. The maximum absolute atomic E-state index is 12.3. The molecule has 0 aliphatic heterocycles. The monoisotopic (exact) mass is 476 g/mol. The van der Waals surface area contributed by atoms with Crippen LogP contribution in [-0.2, 0) is 6.54 Å². The number of carbonyl (C=O) groups excluding carboxylic acids is 1. The number of benzene rings is 2. The molecule has 0 bridgehead atoms. The zero-order chi connectivity index (χ0) is 20.8. The number of amides is 1. The number of hydrogen-bond acceptors (Lipinski definition) is 7. The highest BCUT2D eigenvalue weighted by Gasteiger charge is 2.23. The molecule has 0 spiro atoms. The summed E-state index contributed by atoms with van der Waals surface area (Å²) in [5, 5.41) is 15.0. The minimum absolute atomic E-state index is 0.0115. The van der Waals surface area contributed by atoms with E-state index in [0.29, 0.717) is 15.1 Å². The first-order valence-corrected chi connectivity index (χ1v) is 9.42. The third-order valence-electron chi connectivity index (χ3n) is 3.82. The van der Waals surface area contributed by atoms with Crippen LogP contribution in [-0.4, -0.2) is 20.8 Å². The van der Waals surface area contributed by atoms with Gasteiger partial charge in [-0.1, -0.05) is 41.9 Å². The van der Waals surface area contributed by atoms with Crippen LogP contribution in [0.15, 0.2) is 59.3 Å². The second-order valence-corrected chi connectivity index (χ2v) is 6.94. The van der Waals surface area contributed by atoms with E-state index in [1.54, 1.807) is 42.5 Å². The van der Waals surface area contributed by atoms with Gasteiger partial charge in [0.1, 0.15) is 6.33 Å². The molecule has 3 rings (SSSR count). The van der Waals surface area contributed by atoms with Crippen LogP contribution >= 0.6 is 27.5 Å². The van der Waals surface area contributed by atoms with Crippen molar-refractivity contribution < 1.29 is 9.72 Å². The number of hydrogen-bond donors (Lipinski definition) is 3. The van der Waals surface area contributed by atoms with Crippen molar-refractivity contribution in [1.82, 2.24) is 15.4 Å². The second-order valence-electron chi connectivity index (χ2n) is 5.68. The SMILES string of the molecule is O=C(NNc1ncnc(NCc2ccccc2Cl)c1[N+](=O)[O-])c1ccccc1Br. The minimum Gasteiger partial charge on any atom is -0.360 e. The third-order valence-corrected chi connectivity index (χ3v) is 4.88. The van der Waals surface area contributed by atoms with Crippen LogP contribution in [0.4, 0.5) is 17.3 Å². The quantitative estimate of drug-likeness (QED) is 0.345. The van der Waals surface area contributed by atoms with E-state index >= 15 is 0 Å². The number of carbonyl (C=O) groups is 1. The van der Waals surface area contributed by atoms with Crippen molar-refractivity contribution in [2.45, 2.75) is 6.54 Å². The van der Waals surface area contributed by atoms with Crippen LogP contribution in [0.5, 0.6) is 0 Å². The summed E-state index contributed by atoms with van der Waals surface area (Å²) in [6.07, 6.45) is 1.15. The summed E-state index contributed by atoms with van der Waals surface area (Å²) in [6.45, 7) is 0.223. The molecule has 29 heavy (non-hydrogen) atoms. The number of nitro groups is 1. The Kier molecular flexibility index (Phi) is 6.57. The molecule has 148 valence electrons. The molecule has 1 aromatic heterocycles. The van der Waals surface area contributed by atoms with Gasteiger partial charge in [-0.2, -0.15) is 0 Å². The molecule has 11 heteroatoms. The third kappa shape index (κ3) is 4.98. The van der Waals surface area contributed by atoms with E-state index in [1.807, 2.05) is 6.07 Å². The fourth-order valence-electron chi connectivity index (χ4n) is 2.42. The summed E-state index contributed by atoms with van der Waals surface area (Å²) in [5.41, 5.74) is 5.58. The maximum Gasteiger partial charge on any atom is 0.354 e. The van der Waals surface area contributed by atoms with Crippen LogP contribution < -0.4 is 16.2 Å². The molecule has 0 aliphatic carbocycles. The predicted molar refractivity (Wildman–Crippen MR) is 113 cm³/mol. The molecule has 2 aromatic carbocycles. The average molecular weight is 478 g/mol. The Bertz CT molecular complexity index is 1070. The number of nitrogens with one attached hydrogen (secondary N) is 3. The number of aromatic nitrogens is 2. The van der Waals surface area contributed by atoms with E-state index in [1.165, 1.54) is 0 Å². The Morgan fingerprint density at radius 2 is 1.79 bits per heavy atom. The Morgan fingerprint density at radius 1 is 1.10 bits per heavy atom. The number of nitrogens with zero attached hydrogens (tertiary/aromatic N) is 3. The Hall–Kier alpha value is -3.24. The van der Waals surface area contributed by atoms with Gasteiger partial charge in [-0.15, -0.1) is 0 Å². The first-order valence-electron chi connectivity index (χ1n) is 8.25. The van der Waals surface area contributed by atoms with Gasteiger partial charge in [0.05, 0.1) is 10.5 Å². The highest BCUT2D eigenvalue weighted by molar-refractivity contribution is 9.10. The van der Waals surface area contributed by atoms with Crippen LogP contribution in [0.3, 0.4) is 0 Å². The molecule has 0 saturated carbocycles.